The summed E-state index contributed by atoms with van der Waals surface area (Å²) in [6, 6.07) is 12.8. The number of methoxy groups -OCH3 is 1. The number of phenolic OH excluding ortho intramolecular Hbond substituents is 1. The van der Waals surface area contributed by atoms with Crippen molar-refractivity contribution in [2.24, 2.45) is 0 Å². The maximum atomic E-state index is 12.9. The highest BCUT2D eigenvalue weighted by molar-refractivity contribution is 6.46. The van der Waals surface area contributed by atoms with Gasteiger partial charge in [-0.1, -0.05) is 30.3 Å². The van der Waals surface area contributed by atoms with Crippen LogP contribution in [0.1, 0.15) is 23.6 Å². The molecule has 2 N–H and O–H groups in total. The number of ketones is 1. The summed E-state index contributed by atoms with van der Waals surface area (Å²) in [6.45, 7) is 1.12. The standard InChI is InChI=1S/C23H26N2O5/c1-24(2)12-7-13-25-20(15-8-5-4-6-9-15)19(22(28)23(25)29)21(27)17-11-10-16(30-3)14-18(17)26/h4-6,8-11,14,20,26-27H,7,12-13H2,1-3H3. The number of ether oxygens (including phenoxy) is 1. The second-order valence-corrected chi connectivity index (χ2v) is 7.44. The predicted octanol–water partition coefficient (Wildman–Crippen LogP) is 2.77. The maximum Gasteiger partial charge on any atom is 0.295 e. The van der Waals surface area contributed by atoms with Gasteiger partial charge in [-0.3, -0.25) is 9.59 Å². The number of benzene rings is 2. The van der Waals surface area contributed by atoms with Crippen molar-refractivity contribution in [3.63, 3.8) is 0 Å². The number of carbonyl (C=O) groups excluding carboxylic acids is 2. The molecule has 2 aromatic rings. The molecule has 30 heavy (non-hydrogen) atoms. The van der Waals surface area contributed by atoms with Crippen molar-refractivity contribution in [2.75, 3.05) is 34.3 Å². The number of amides is 1. The van der Waals surface area contributed by atoms with E-state index in [-0.39, 0.29) is 16.9 Å². The van der Waals surface area contributed by atoms with E-state index in [0.29, 0.717) is 18.7 Å². The lowest BCUT2D eigenvalue weighted by Crippen LogP contribution is -2.32. The fourth-order valence-electron chi connectivity index (χ4n) is 3.63. The van der Waals surface area contributed by atoms with Crippen LogP contribution >= 0.6 is 0 Å². The van der Waals surface area contributed by atoms with Gasteiger partial charge in [-0.15, -0.1) is 0 Å². The van der Waals surface area contributed by atoms with Gasteiger partial charge >= 0.3 is 0 Å². The average Bonchev–Trinajstić information content (AvgIpc) is 2.98. The minimum Gasteiger partial charge on any atom is -0.507 e. The van der Waals surface area contributed by atoms with E-state index in [4.69, 9.17) is 4.74 Å². The molecule has 2 aromatic carbocycles. The molecule has 158 valence electrons. The van der Waals surface area contributed by atoms with Gasteiger partial charge in [0.1, 0.15) is 17.3 Å². The Morgan fingerprint density at radius 3 is 2.43 bits per heavy atom. The molecule has 1 aliphatic rings. The first-order chi connectivity index (χ1) is 14.3. The second kappa shape index (κ2) is 9.00. The number of phenols is 1. The van der Waals surface area contributed by atoms with Gasteiger partial charge in [0.2, 0.25) is 0 Å². The van der Waals surface area contributed by atoms with Crippen LogP contribution < -0.4 is 4.74 Å². The molecule has 0 saturated carbocycles. The first-order valence-electron chi connectivity index (χ1n) is 9.70. The van der Waals surface area contributed by atoms with E-state index in [2.05, 4.69) is 0 Å². The van der Waals surface area contributed by atoms with Gasteiger partial charge < -0.3 is 24.7 Å². The molecule has 7 heteroatoms. The summed E-state index contributed by atoms with van der Waals surface area (Å²) in [4.78, 5) is 29.2. The molecular weight excluding hydrogens is 384 g/mol. The number of likely N-dealkylation sites (tertiary alicyclic amines) is 1. The van der Waals surface area contributed by atoms with Crippen molar-refractivity contribution in [3.8, 4) is 11.5 Å². The molecule has 1 atom stereocenters. The van der Waals surface area contributed by atoms with Crippen molar-refractivity contribution in [2.45, 2.75) is 12.5 Å². The Morgan fingerprint density at radius 2 is 1.83 bits per heavy atom. The minimum absolute atomic E-state index is 0.0310. The number of aliphatic hydroxyl groups excluding tert-OH is 1. The van der Waals surface area contributed by atoms with Gasteiger partial charge in [0.05, 0.1) is 24.3 Å². The highest BCUT2D eigenvalue weighted by atomic mass is 16.5. The molecule has 7 nitrogen and oxygen atoms in total. The molecule has 1 amide bonds. The highest BCUT2D eigenvalue weighted by Gasteiger charge is 2.45. The molecule has 1 aliphatic heterocycles. The Morgan fingerprint density at radius 1 is 1.13 bits per heavy atom. The predicted molar refractivity (Wildman–Crippen MR) is 113 cm³/mol. The van der Waals surface area contributed by atoms with Gasteiger partial charge in [-0.05, 0) is 44.8 Å². The summed E-state index contributed by atoms with van der Waals surface area (Å²) < 4.78 is 5.07. The van der Waals surface area contributed by atoms with Crippen LogP contribution in [0.15, 0.2) is 54.1 Å². The molecule has 1 unspecified atom stereocenters. The van der Waals surface area contributed by atoms with Crippen LogP contribution in [0, 0.1) is 0 Å². The Bertz CT molecular complexity index is 969. The Balaban J connectivity index is 2.09. The first-order valence-corrected chi connectivity index (χ1v) is 9.70. The number of nitrogens with zero attached hydrogens (tertiary/aromatic N) is 2. The zero-order valence-electron chi connectivity index (χ0n) is 17.3. The van der Waals surface area contributed by atoms with Crippen LogP contribution in [-0.4, -0.2) is 66.0 Å². The van der Waals surface area contributed by atoms with E-state index in [1.54, 1.807) is 6.07 Å². The maximum absolute atomic E-state index is 12.9. The lowest BCUT2D eigenvalue weighted by molar-refractivity contribution is -0.139. The van der Waals surface area contributed by atoms with Crippen molar-refractivity contribution in [1.29, 1.82) is 0 Å². The summed E-state index contributed by atoms with van der Waals surface area (Å²) in [5.41, 5.74) is 0.760. The first kappa shape index (κ1) is 21.4. The fraction of sp³-hybridized carbons (Fsp3) is 0.304. The van der Waals surface area contributed by atoms with E-state index in [1.807, 2.05) is 49.3 Å². The molecule has 1 heterocycles. The molecule has 1 saturated heterocycles. The smallest absolute Gasteiger partial charge is 0.295 e. The molecule has 0 spiro atoms. The second-order valence-electron chi connectivity index (χ2n) is 7.44. The van der Waals surface area contributed by atoms with Gasteiger partial charge in [0, 0.05) is 12.6 Å². The monoisotopic (exact) mass is 410 g/mol. The van der Waals surface area contributed by atoms with Crippen LogP contribution in [-0.2, 0) is 9.59 Å². The highest BCUT2D eigenvalue weighted by Crippen LogP contribution is 2.41. The molecule has 3 rings (SSSR count). The summed E-state index contributed by atoms with van der Waals surface area (Å²) >= 11 is 0. The normalized spacial score (nSPS) is 18.3. The average molecular weight is 410 g/mol. The molecule has 0 bridgehead atoms. The van der Waals surface area contributed by atoms with Gasteiger partial charge in [0.25, 0.3) is 11.7 Å². The topological polar surface area (TPSA) is 90.3 Å². The summed E-state index contributed by atoms with van der Waals surface area (Å²) in [7, 11) is 5.34. The zero-order valence-corrected chi connectivity index (χ0v) is 17.3. The number of carbonyl (C=O) groups is 2. The lowest BCUT2D eigenvalue weighted by atomic mass is 9.95. The third-order valence-electron chi connectivity index (χ3n) is 5.12. The van der Waals surface area contributed by atoms with Crippen molar-refractivity contribution in [1.82, 2.24) is 9.80 Å². The van der Waals surface area contributed by atoms with Crippen molar-refractivity contribution >= 4 is 17.4 Å². The largest absolute Gasteiger partial charge is 0.507 e. The number of hydrogen-bond acceptors (Lipinski definition) is 6. The Kier molecular flexibility index (Phi) is 6.42. The van der Waals surface area contributed by atoms with Gasteiger partial charge in [-0.2, -0.15) is 0 Å². The van der Waals surface area contributed by atoms with E-state index in [1.165, 1.54) is 24.1 Å². The summed E-state index contributed by atoms with van der Waals surface area (Å²) in [5, 5.41) is 21.3. The molecular formula is C23H26N2O5. The quantitative estimate of drug-likeness (QED) is 0.414. The van der Waals surface area contributed by atoms with E-state index >= 15 is 0 Å². The minimum atomic E-state index is -0.763. The third kappa shape index (κ3) is 4.16. The SMILES string of the molecule is COc1ccc(C(O)=C2C(=O)C(=O)N(CCCN(C)C)C2c2ccccc2)c(O)c1. The van der Waals surface area contributed by atoms with Crippen LogP contribution in [0.2, 0.25) is 0 Å². The van der Waals surface area contributed by atoms with Gasteiger partial charge in [0.15, 0.2) is 0 Å². The van der Waals surface area contributed by atoms with Gasteiger partial charge in [-0.25, -0.2) is 0 Å². The van der Waals surface area contributed by atoms with Crippen molar-refractivity contribution < 1.29 is 24.5 Å². The number of aliphatic hydroxyl groups is 1. The Labute approximate surface area is 175 Å². The number of rotatable bonds is 7. The summed E-state index contributed by atoms with van der Waals surface area (Å²) in [6.07, 6.45) is 0.678. The van der Waals surface area contributed by atoms with Crippen molar-refractivity contribution in [3.05, 3.63) is 65.2 Å². The number of hydrogen-bond donors (Lipinski definition) is 2. The molecule has 0 aromatic heterocycles. The molecule has 1 fully saturated rings. The van der Waals surface area contributed by atoms with Crippen LogP contribution in [0.3, 0.4) is 0 Å². The Hall–Kier alpha value is -3.32. The third-order valence-corrected chi connectivity index (χ3v) is 5.12. The number of aromatic hydroxyl groups is 1. The van der Waals surface area contributed by atoms with Crippen LogP contribution in [0.5, 0.6) is 11.5 Å². The molecule has 0 aliphatic carbocycles. The zero-order chi connectivity index (χ0) is 21.8. The summed E-state index contributed by atoms with van der Waals surface area (Å²) in [5.74, 6) is -1.65. The van der Waals surface area contributed by atoms with E-state index in [9.17, 15) is 19.8 Å². The fourth-order valence-corrected chi connectivity index (χ4v) is 3.63. The molecule has 0 radical (unpaired) electrons. The van der Waals surface area contributed by atoms with Crippen LogP contribution in [0.25, 0.3) is 5.76 Å². The van der Waals surface area contributed by atoms with Crippen LogP contribution in [0.4, 0.5) is 0 Å². The van der Waals surface area contributed by atoms with E-state index < -0.39 is 23.5 Å². The number of Topliss-reactive ketones (excluding diaryl/α,β-unsaturated/α-hetero) is 1. The van der Waals surface area contributed by atoms with E-state index in [0.717, 1.165) is 12.1 Å². The lowest BCUT2D eigenvalue weighted by Gasteiger charge is -2.26.